The third-order valence-electron chi connectivity index (χ3n) is 2.64. The van der Waals surface area contributed by atoms with Crippen molar-refractivity contribution in [3.05, 3.63) is 18.5 Å². The van der Waals surface area contributed by atoms with E-state index in [2.05, 4.69) is 30.8 Å². The highest BCUT2D eigenvalue weighted by molar-refractivity contribution is 5.36. The molecule has 1 unspecified atom stereocenters. The average molecular weight is 294 g/mol. The van der Waals surface area contributed by atoms with Crippen LogP contribution in [0.2, 0.25) is 0 Å². The summed E-state index contributed by atoms with van der Waals surface area (Å²) in [7, 11) is 3.22. The van der Waals surface area contributed by atoms with Gasteiger partial charge in [-0.05, 0) is 6.07 Å². The maximum Gasteiger partial charge on any atom is 0.257 e. The highest BCUT2D eigenvalue weighted by Gasteiger charge is 2.11. The first-order valence-electron chi connectivity index (χ1n) is 6.25. The predicted molar refractivity (Wildman–Crippen MR) is 75.9 cm³/mol. The molecule has 0 amide bonds. The van der Waals surface area contributed by atoms with Crippen molar-refractivity contribution in [1.82, 2.24) is 24.7 Å². The first-order valence-corrected chi connectivity index (χ1v) is 6.25. The summed E-state index contributed by atoms with van der Waals surface area (Å²) in [5.41, 5.74) is 2.40. The molecule has 0 aliphatic rings. The second-order valence-corrected chi connectivity index (χ2v) is 4.07. The van der Waals surface area contributed by atoms with Crippen LogP contribution in [-0.4, -0.2) is 58.2 Å². The Labute approximate surface area is 121 Å². The van der Waals surface area contributed by atoms with Gasteiger partial charge in [0.25, 0.3) is 5.95 Å². The summed E-state index contributed by atoms with van der Waals surface area (Å²) in [5, 5.41) is 7.12. The summed E-state index contributed by atoms with van der Waals surface area (Å²) in [6, 6.07) is 1.77. The Kier molecular flexibility index (Phi) is 5.37. The Morgan fingerprint density at radius 3 is 2.71 bits per heavy atom. The molecule has 0 aliphatic heterocycles. The van der Waals surface area contributed by atoms with Crippen molar-refractivity contribution in [2.45, 2.75) is 6.10 Å². The number of nitrogens with two attached hydrogens (primary N) is 1. The molecule has 0 radical (unpaired) electrons. The second-order valence-electron chi connectivity index (χ2n) is 4.07. The van der Waals surface area contributed by atoms with E-state index in [0.717, 1.165) is 0 Å². The lowest BCUT2D eigenvalue weighted by Crippen LogP contribution is -2.27. The van der Waals surface area contributed by atoms with E-state index in [4.69, 9.17) is 15.3 Å². The molecule has 0 aliphatic carbocycles. The van der Waals surface area contributed by atoms with Gasteiger partial charge in [0.2, 0.25) is 11.9 Å². The minimum atomic E-state index is -0.116. The van der Waals surface area contributed by atoms with E-state index in [1.54, 1.807) is 32.7 Å². The summed E-state index contributed by atoms with van der Waals surface area (Å²) >= 11 is 0. The summed E-state index contributed by atoms with van der Waals surface area (Å²) in [4.78, 5) is 12.5. The Morgan fingerprint density at radius 1 is 1.29 bits per heavy atom. The fourth-order valence-electron chi connectivity index (χ4n) is 1.60. The van der Waals surface area contributed by atoms with Crippen molar-refractivity contribution in [2.24, 2.45) is 5.84 Å². The Bertz CT molecular complexity index is 547. The Morgan fingerprint density at radius 2 is 2.10 bits per heavy atom. The fourth-order valence-corrected chi connectivity index (χ4v) is 1.60. The molecule has 2 rings (SSSR count). The monoisotopic (exact) mass is 294 g/mol. The van der Waals surface area contributed by atoms with Crippen LogP contribution in [-0.2, 0) is 9.47 Å². The van der Waals surface area contributed by atoms with E-state index in [1.807, 2.05) is 0 Å². The van der Waals surface area contributed by atoms with Crippen LogP contribution >= 0.6 is 0 Å². The molecular weight excluding hydrogens is 276 g/mol. The molecule has 0 saturated heterocycles. The lowest BCUT2D eigenvalue weighted by molar-refractivity contribution is 0.0365. The van der Waals surface area contributed by atoms with Crippen LogP contribution in [0.5, 0.6) is 0 Å². The largest absolute Gasteiger partial charge is 0.382 e. The maximum atomic E-state index is 5.37. The van der Waals surface area contributed by atoms with Crippen LogP contribution in [0.3, 0.4) is 0 Å². The van der Waals surface area contributed by atoms with E-state index < -0.39 is 0 Å². The highest BCUT2D eigenvalue weighted by atomic mass is 16.5. The van der Waals surface area contributed by atoms with E-state index in [1.165, 1.54) is 4.68 Å². The van der Waals surface area contributed by atoms with Crippen molar-refractivity contribution < 1.29 is 9.47 Å². The lowest BCUT2D eigenvalue weighted by Gasteiger charge is -2.15. The van der Waals surface area contributed by atoms with Crippen LogP contribution in [0, 0.1) is 0 Å². The van der Waals surface area contributed by atoms with E-state index in [9.17, 15) is 0 Å². The zero-order valence-corrected chi connectivity index (χ0v) is 11.9. The minimum Gasteiger partial charge on any atom is -0.382 e. The number of aromatic nitrogens is 5. The Balaban J connectivity index is 2.13. The van der Waals surface area contributed by atoms with Gasteiger partial charge in [0, 0.05) is 33.2 Å². The Hall–Kier alpha value is -2.30. The number of nitrogen functional groups attached to an aromatic ring is 1. The van der Waals surface area contributed by atoms with Crippen LogP contribution in [0.15, 0.2) is 18.5 Å². The molecule has 0 bridgehead atoms. The van der Waals surface area contributed by atoms with Crippen LogP contribution in [0.4, 0.5) is 11.9 Å². The standard InChI is InChI=1S/C11H18N8O2/c1-20-7-8(21-2)6-13-9-15-10(18-12)17-11(16-9)19-5-3-4-14-19/h3-5,8H,6-7,12H2,1-2H3,(H2,13,15,16,17,18). The SMILES string of the molecule is COCC(CNc1nc(NN)nc(-n2cccn2)n1)OC. The molecule has 10 heteroatoms. The molecule has 0 aromatic carbocycles. The molecule has 4 N–H and O–H groups in total. The molecule has 2 aromatic rings. The predicted octanol–water partition coefficient (Wildman–Crippen LogP) is -0.584. The number of rotatable bonds is 8. The van der Waals surface area contributed by atoms with Gasteiger partial charge in [0.05, 0.1) is 12.7 Å². The first kappa shape index (κ1) is 15.1. The minimum absolute atomic E-state index is 0.116. The van der Waals surface area contributed by atoms with Gasteiger partial charge < -0.3 is 14.8 Å². The van der Waals surface area contributed by atoms with Crippen molar-refractivity contribution in [3.8, 4) is 5.95 Å². The zero-order valence-electron chi connectivity index (χ0n) is 11.9. The van der Waals surface area contributed by atoms with Crippen molar-refractivity contribution in [2.75, 3.05) is 38.1 Å². The highest BCUT2D eigenvalue weighted by Crippen LogP contribution is 2.08. The summed E-state index contributed by atoms with van der Waals surface area (Å²) in [5.74, 6) is 6.32. The van der Waals surface area contributed by atoms with Gasteiger partial charge in [-0.25, -0.2) is 10.5 Å². The van der Waals surface area contributed by atoms with E-state index in [-0.39, 0.29) is 12.1 Å². The van der Waals surface area contributed by atoms with Crippen molar-refractivity contribution in [1.29, 1.82) is 0 Å². The van der Waals surface area contributed by atoms with Gasteiger partial charge >= 0.3 is 0 Å². The van der Waals surface area contributed by atoms with Crippen LogP contribution < -0.4 is 16.6 Å². The molecule has 1 atom stereocenters. The normalized spacial score (nSPS) is 12.1. The lowest BCUT2D eigenvalue weighted by atomic mass is 10.4. The average Bonchev–Trinajstić information content (AvgIpc) is 3.05. The number of hydrazine groups is 1. The van der Waals surface area contributed by atoms with Gasteiger partial charge in [0.1, 0.15) is 0 Å². The number of hydrogen-bond donors (Lipinski definition) is 3. The fraction of sp³-hybridized carbons (Fsp3) is 0.455. The third-order valence-corrected chi connectivity index (χ3v) is 2.64. The van der Waals surface area contributed by atoms with Crippen LogP contribution in [0.25, 0.3) is 5.95 Å². The van der Waals surface area contributed by atoms with E-state index in [0.29, 0.717) is 25.0 Å². The summed E-state index contributed by atoms with van der Waals surface area (Å²) in [6.07, 6.45) is 3.24. The zero-order chi connectivity index (χ0) is 15.1. The molecule has 0 saturated carbocycles. The first-order chi connectivity index (χ1) is 10.3. The van der Waals surface area contributed by atoms with Gasteiger partial charge in [0.15, 0.2) is 0 Å². The number of nitrogens with zero attached hydrogens (tertiary/aromatic N) is 5. The molecule has 2 heterocycles. The maximum absolute atomic E-state index is 5.37. The van der Waals surface area contributed by atoms with Gasteiger partial charge in [-0.15, -0.1) is 0 Å². The van der Waals surface area contributed by atoms with E-state index >= 15 is 0 Å². The molecule has 21 heavy (non-hydrogen) atoms. The molecule has 0 fully saturated rings. The third kappa shape index (κ3) is 4.08. The molecular formula is C11H18N8O2. The van der Waals surface area contributed by atoms with Crippen molar-refractivity contribution in [3.63, 3.8) is 0 Å². The quantitative estimate of drug-likeness (QED) is 0.433. The number of anilines is 2. The summed E-state index contributed by atoms with van der Waals surface area (Å²) in [6.45, 7) is 0.944. The molecule has 114 valence electrons. The topological polar surface area (TPSA) is 125 Å². The van der Waals surface area contributed by atoms with Gasteiger partial charge in [-0.2, -0.15) is 20.1 Å². The number of hydrogen-bond acceptors (Lipinski definition) is 9. The molecule has 0 spiro atoms. The van der Waals surface area contributed by atoms with Gasteiger partial charge in [-0.1, -0.05) is 0 Å². The molecule has 10 nitrogen and oxygen atoms in total. The number of nitrogens with one attached hydrogen (secondary N) is 2. The molecule has 2 aromatic heterocycles. The van der Waals surface area contributed by atoms with Crippen LogP contribution in [0.1, 0.15) is 0 Å². The van der Waals surface area contributed by atoms with Crippen molar-refractivity contribution >= 4 is 11.9 Å². The summed E-state index contributed by atoms with van der Waals surface area (Å²) < 4.78 is 11.8. The van der Waals surface area contributed by atoms with Gasteiger partial charge in [-0.3, -0.25) is 5.43 Å². The smallest absolute Gasteiger partial charge is 0.257 e. The number of ether oxygens (including phenoxy) is 2. The second kappa shape index (κ2) is 7.47. The number of methoxy groups -OCH3 is 2.